The zero-order chi connectivity index (χ0) is 21.1. The van der Waals surface area contributed by atoms with E-state index >= 15 is 0 Å². The van der Waals surface area contributed by atoms with Gasteiger partial charge in [-0.05, 0) is 49.2 Å². The Morgan fingerprint density at radius 2 is 1.80 bits per heavy atom. The molecule has 0 unspecified atom stereocenters. The largest absolute Gasteiger partial charge is 0.342 e. The van der Waals surface area contributed by atoms with Crippen molar-refractivity contribution in [1.29, 1.82) is 0 Å². The Balaban J connectivity index is 1.50. The van der Waals surface area contributed by atoms with Gasteiger partial charge in [0.25, 0.3) is 0 Å². The van der Waals surface area contributed by atoms with Gasteiger partial charge in [-0.1, -0.05) is 59.6 Å². The number of nitrogens with zero attached hydrogens (tertiary/aromatic N) is 1. The van der Waals surface area contributed by atoms with Crippen molar-refractivity contribution in [2.24, 2.45) is 0 Å². The molecule has 0 saturated carbocycles. The number of hydrogen-bond acceptors (Lipinski definition) is 2. The summed E-state index contributed by atoms with van der Waals surface area (Å²) in [6.45, 7) is 4.82. The molecule has 0 bridgehead atoms. The third-order valence-corrected chi connectivity index (χ3v) is 6.33. The molecule has 1 heterocycles. The minimum Gasteiger partial charge on any atom is -0.342 e. The number of carbonyl (C=O) groups is 1. The maximum absolute atomic E-state index is 12.5. The van der Waals surface area contributed by atoms with E-state index in [9.17, 15) is 4.79 Å². The molecule has 0 saturated heterocycles. The van der Waals surface area contributed by atoms with E-state index in [1.807, 2.05) is 62.4 Å². The number of anilines is 1. The first-order valence-electron chi connectivity index (χ1n) is 9.82. The standard InChI is InChI=1S/C25H23ClN2OS/c1-17-7-12-22(18(2)13-17)27-25(29)16-30-24-15-28(23-6-4-3-5-21(23)24)14-19-8-10-20(26)11-9-19/h3-13,15H,14,16H2,1-2H3,(H,27,29). The van der Waals surface area contributed by atoms with Crippen LogP contribution in [0.5, 0.6) is 0 Å². The van der Waals surface area contributed by atoms with Crippen LogP contribution in [0.2, 0.25) is 5.02 Å². The second-order valence-corrected chi connectivity index (χ2v) is 8.87. The molecule has 0 aliphatic carbocycles. The van der Waals surface area contributed by atoms with Crippen molar-refractivity contribution < 1.29 is 4.79 Å². The lowest BCUT2D eigenvalue weighted by Crippen LogP contribution is -2.14. The Bertz CT molecular complexity index is 1200. The van der Waals surface area contributed by atoms with Crippen LogP contribution in [0.3, 0.4) is 0 Å². The number of aryl methyl sites for hydroxylation is 2. The Kier molecular flexibility index (Phi) is 6.16. The van der Waals surface area contributed by atoms with Gasteiger partial charge in [0.15, 0.2) is 0 Å². The highest BCUT2D eigenvalue weighted by Gasteiger charge is 2.12. The van der Waals surface area contributed by atoms with Crippen molar-refractivity contribution in [1.82, 2.24) is 4.57 Å². The number of benzene rings is 3. The van der Waals surface area contributed by atoms with Crippen LogP contribution >= 0.6 is 23.4 Å². The lowest BCUT2D eigenvalue weighted by molar-refractivity contribution is -0.113. The predicted octanol–water partition coefficient (Wildman–Crippen LogP) is 6.69. The Labute approximate surface area is 186 Å². The van der Waals surface area contributed by atoms with Crippen LogP contribution in [-0.2, 0) is 11.3 Å². The molecule has 30 heavy (non-hydrogen) atoms. The number of para-hydroxylation sites is 1. The van der Waals surface area contributed by atoms with Crippen LogP contribution in [0.25, 0.3) is 10.9 Å². The number of carbonyl (C=O) groups excluding carboxylic acids is 1. The van der Waals surface area contributed by atoms with E-state index < -0.39 is 0 Å². The number of nitrogens with one attached hydrogen (secondary N) is 1. The van der Waals surface area contributed by atoms with Crippen molar-refractivity contribution in [2.75, 3.05) is 11.1 Å². The van der Waals surface area contributed by atoms with Gasteiger partial charge in [0.05, 0.1) is 5.75 Å². The van der Waals surface area contributed by atoms with Gasteiger partial charge < -0.3 is 9.88 Å². The lowest BCUT2D eigenvalue weighted by atomic mass is 10.1. The van der Waals surface area contributed by atoms with Crippen LogP contribution < -0.4 is 5.32 Å². The number of hydrogen-bond donors (Lipinski definition) is 1. The number of halogens is 1. The van der Waals surface area contributed by atoms with Crippen molar-refractivity contribution in [3.05, 3.63) is 94.6 Å². The van der Waals surface area contributed by atoms with Crippen molar-refractivity contribution in [3.8, 4) is 0 Å². The molecule has 5 heteroatoms. The van der Waals surface area contributed by atoms with E-state index in [0.29, 0.717) is 5.75 Å². The maximum Gasteiger partial charge on any atom is 0.234 e. The fraction of sp³-hybridized carbons (Fsp3) is 0.160. The summed E-state index contributed by atoms with van der Waals surface area (Å²) < 4.78 is 2.23. The highest BCUT2D eigenvalue weighted by Crippen LogP contribution is 2.31. The molecule has 0 spiro atoms. The SMILES string of the molecule is Cc1ccc(NC(=O)CSc2cn(Cc3ccc(Cl)cc3)c3ccccc23)c(C)c1. The Morgan fingerprint density at radius 3 is 2.57 bits per heavy atom. The Hall–Kier alpha value is -2.69. The number of rotatable bonds is 6. The van der Waals surface area contributed by atoms with Crippen LogP contribution in [0.1, 0.15) is 16.7 Å². The summed E-state index contributed by atoms with van der Waals surface area (Å²) in [5.74, 6) is 0.365. The highest BCUT2D eigenvalue weighted by molar-refractivity contribution is 8.00. The molecule has 0 atom stereocenters. The van der Waals surface area contributed by atoms with Crippen LogP contribution in [0.15, 0.2) is 77.8 Å². The van der Waals surface area contributed by atoms with Crippen LogP contribution in [0, 0.1) is 13.8 Å². The molecule has 3 nitrogen and oxygen atoms in total. The molecule has 0 radical (unpaired) electrons. The summed E-state index contributed by atoms with van der Waals surface area (Å²) >= 11 is 7.58. The molecule has 152 valence electrons. The van der Waals surface area contributed by atoms with E-state index in [1.54, 1.807) is 11.8 Å². The highest BCUT2D eigenvalue weighted by atomic mass is 35.5. The minimum atomic E-state index is 0.00138. The predicted molar refractivity (Wildman–Crippen MR) is 128 cm³/mol. The van der Waals surface area contributed by atoms with Crippen molar-refractivity contribution in [2.45, 2.75) is 25.3 Å². The van der Waals surface area contributed by atoms with Crippen molar-refractivity contribution in [3.63, 3.8) is 0 Å². The molecule has 4 aromatic rings. The van der Waals surface area contributed by atoms with Gasteiger partial charge >= 0.3 is 0 Å². The topological polar surface area (TPSA) is 34.0 Å². The molecular formula is C25H23ClN2OS. The fourth-order valence-corrected chi connectivity index (χ4v) is 4.54. The van der Waals surface area contributed by atoms with E-state index in [0.717, 1.165) is 38.6 Å². The molecule has 0 aliphatic rings. The smallest absolute Gasteiger partial charge is 0.234 e. The summed E-state index contributed by atoms with van der Waals surface area (Å²) in [7, 11) is 0. The summed E-state index contributed by atoms with van der Waals surface area (Å²) in [5, 5.41) is 4.93. The van der Waals surface area contributed by atoms with Gasteiger partial charge in [-0.2, -0.15) is 0 Å². The van der Waals surface area contributed by atoms with Gasteiger partial charge in [0, 0.05) is 39.3 Å². The number of amides is 1. The second-order valence-electron chi connectivity index (χ2n) is 7.42. The second kappa shape index (κ2) is 8.99. The van der Waals surface area contributed by atoms with E-state index in [4.69, 9.17) is 11.6 Å². The third-order valence-electron chi connectivity index (χ3n) is 5.03. The average molecular weight is 435 g/mol. The summed E-state index contributed by atoms with van der Waals surface area (Å²) in [4.78, 5) is 13.6. The van der Waals surface area contributed by atoms with Crippen LogP contribution in [0.4, 0.5) is 5.69 Å². The normalized spacial score (nSPS) is 11.0. The maximum atomic E-state index is 12.5. The van der Waals surface area contributed by atoms with Gasteiger partial charge in [0.1, 0.15) is 0 Å². The number of thioether (sulfide) groups is 1. The van der Waals surface area contributed by atoms with E-state index in [2.05, 4.69) is 34.3 Å². The molecule has 0 fully saturated rings. The summed E-state index contributed by atoms with van der Waals surface area (Å²) in [5.41, 5.74) is 5.48. The average Bonchev–Trinajstić information content (AvgIpc) is 3.08. The molecular weight excluding hydrogens is 412 g/mol. The molecule has 1 amide bonds. The van der Waals surface area contributed by atoms with Crippen molar-refractivity contribution >= 4 is 45.9 Å². The zero-order valence-electron chi connectivity index (χ0n) is 17.0. The number of fused-ring (bicyclic) bond motifs is 1. The zero-order valence-corrected chi connectivity index (χ0v) is 18.6. The molecule has 1 aromatic heterocycles. The first kappa shape index (κ1) is 20.6. The third kappa shape index (κ3) is 4.72. The van der Waals surface area contributed by atoms with E-state index in [1.165, 1.54) is 11.1 Å². The van der Waals surface area contributed by atoms with E-state index in [-0.39, 0.29) is 5.91 Å². The molecule has 4 rings (SSSR count). The molecule has 3 aromatic carbocycles. The first-order chi connectivity index (χ1) is 14.5. The monoisotopic (exact) mass is 434 g/mol. The lowest BCUT2D eigenvalue weighted by Gasteiger charge is -2.08. The van der Waals surface area contributed by atoms with Gasteiger partial charge in [-0.15, -0.1) is 11.8 Å². The van der Waals surface area contributed by atoms with Gasteiger partial charge in [0.2, 0.25) is 5.91 Å². The van der Waals surface area contributed by atoms with Gasteiger partial charge in [-0.3, -0.25) is 4.79 Å². The summed E-state index contributed by atoms with van der Waals surface area (Å²) in [6.07, 6.45) is 2.13. The molecule has 1 N–H and O–H groups in total. The number of aromatic nitrogens is 1. The van der Waals surface area contributed by atoms with Crippen LogP contribution in [-0.4, -0.2) is 16.2 Å². The Morgan fingerprint density at radius 1 is 1.03 bits per heavy atom. The summed E-state index contributed by atoms with van der Waals surface area (Å²) in [6, 6.07) is 22.3. The van der Waals surface area contributed by atoms with Gasteiger partial charge in [-0.25, -0.2) is 0 Å². The first-order valence-corrected chi connectivity index (χ1v) is 11.2. The molecule has 0 aliphatic heterocycles. The fourth-order valence-electron chi connectivity index (χ4n) is 3.53. The minimum absolute atomic E-state index is 0.00138. The quantitative estimate of drug-likeness (QED) is 0.343.